The molecule has 0 aromatic heterocycles. The van der Waals surface area contributed by atoms with Crippen molar-refractivity contribution in [1.82, 2.24) is 0 Å². The van der Waals surface area contributed by atoms with Crippen LogP contribution in [0.25, 0.3) is 0 Å². The van der Waals surface area contributed by atoms with Gasteiger partial charge in [0.2, 0.25) is 0 Å². The summed E-state index contributed by atoms with van der Waals surface area (Å²) < 4.78 is 12.2. The van der Waals surface area contributed by atoms with Crippen LogP contribution in [0.4, 0.5) is 5.69 Å². The van der Waals surface area contributed by atoms with E-state index in [9.17, 15) is 4.79 Å². The van der Waals surface area contributed by atoms with Crippen LogP contribution in [-0.4, -0.2) is 20.1 Å². The third kappa shape index (κ3) is 3.88. The summed E-state index contributed by atoms with van der Waals surface area (Å²) in [6.45, 7) is 0. The first-order valence-electron chi connectivity index (χ1n) is 6.03. The second-order valence-electron chi connectivity index (χ2n) is 4.16. The largest absolute Gasteiger partial charge is 0.493 e. The van der Waals surface area contributed by atoms with Crippen LogP contribution in [0.15, 0.2) is 40.9 Å². The number of anilines is 1. The maximum Gasteiger partial charge on any atom is 0.255 e. The molecule has 0 aliphatic rings. The van der Waals surface area contributed by atoms with Crippen LogP contribution in [-0.2, 0) is 0 Å². The molecule has 2 rings (SSSR count). The topological polar surface area (TPSA) is 47.6 Å². The number of hydrogen-bond donors (Lipinski definition) is 1. The maximum atomic E-state index is 12.3. The zero-order valence-electron chi connectivity index (χ0n) is 11.4. The Morgan fingerprint density at radius 2 is 1.95 bits per heavy atom. The number of benzene rings is 2. The van der Waals surface area contributed by atoms with Crippen LogP contribution >= 0.6 is 38.5 Å². The first-order valence-corrected chi connectivity index (χ1v) is 7.90. The van der Waals surface area contributed by atoms with Crippen LogP contribution < -0.4 is 14.8 Å². The minimum atomic E-state index is -0.202. The smallest absolute Gasteiger partial charge is 0.255 e. The van der Waals surface area contributed by atoms with Crippen LogP contribution in [0.5, 0.6) is 11.5 Å². The first kappa shape index (κ1) is 16.1. The molecule has 0 saturated heterocycles. The molecule has 0 aliphatic heterocycles. The van der Waals surface area contributed by atoms with E-state index in [1.54, 1.807) is 26.4 Å². The summed E-state index contributed by atoms with van der Waals surface area (Å²) in [6, 6.07) is 10.8. The Bertz CT molecular complexity index is 676. The maximum absolute atomic E-state index is 12.3. The van der Waals surface area contributed by atoms with Crippen molar-refractivity contribution in [2.24, 2.45) is 0 Å². The average Bonchev–Trinajstić information content (AvgIpc) is 2.46. The monoisotopic (exact) mass is 461 g/mol. The molecule has 0 fully saturated rings. The molecule has 1 N–H and O–H groups in total. The molecule has 1 amide bonds. The highest BCUT2D eigenvalue weighted by Gasteiger charge is 2.15. The molecule has 0 bridgehead atoms. The Labute approximate surface area is 145 Å². The third-order valence-electron chi connectivity index (χ3n) is 2.78. The molecule has 0 atom stereocenters. The fourth-order valence-electron chi connectivity index (χ4n) is 1.82. The van der Waals surface area contributed by atoms with E-state index in [1.165, 1.54) is 0 Å². The Balaban J connectivity index is 2.29. The molecule has 6 heteroatoms. The minimum absolute atomic E-state index is 0.202. The number of rotatable bonds is 4. The normalized spacial score (nSPS) is 10.1. The van der Waals surface area contributed by atoms with E-state index in [-0.39, 0.29) is 5.91 Å². The van der Waals surface area contributed by atoms with Gasteiger partial charge in [-0.25, -0.2) is 0 Å². The van der Waals surface area contributed by atoms with Crippen molar-refractivity contribution in [1.29, 1.82) is 0 Å². The summed E-state index contributed by atoms with van der Waals surface area (Å²) in [5, 5.41) is 2.85. The Hall–Kier alpha value is -1.28. The quantitative estimate of drug-likeness (QED) is 0.689. The molecule has 4 nitrogen and oxygen atoms in total. The Kier molecular flexibility index (Phi) is 5.46. The number of halogens is 2. The molecule has 0 radical (unpaired) electrons. The van der Waals surface area contributed by atoms with Gasteiger partial charge in [0.25, 0.3) is 5.91 Å². The number of carbonyl (C=O) groups is 1. The fraction of sp³-hybridized carbons (Fsp3) is 0.133. The van der Waals surface area contributed by atoms with Gasteiger partial charge in [0.1, 0.15) is 0 Å². The average molecular weight is 462 g/mol. The van der Waals surface area contributed by atoms with Gasteiger partial charge in [-0.2, -0.15) is 0 Å². The van der Waals surface area contributed by atoms with Gasteiger partial charge in [0.15, 0.2) is 11.5 Å². The van der Waals surface area contributed by atoms with Crippen LogP contribution in [0.3, 0.4) is 0 Å². The molecule has 0 aliphatic carbocycles. The van der Waals surface area contributed by atoms with Crippen LogP contribution in [0, 0.1) is 3.57 Å². The molecule has 110 valence electrons. The van der Waals surface area contributed by atoms with Gasteiger partial charge in [0.05, 0.1) is 17.8 Å². The number of amides is 1. The van der Waals surface area contributed by atoms with E-state index in [2.05, 4.69) is 43.8 Å². The standard InChI is InChI=1S/C15H13BrINO3/c1-20-13-7-9(6-12(17)14(13)21-2)15(19)18-11-5-3-4-10(16)8-11/h3-8H,1-2H3,(H,18,19). The molecule has 2 aromatic carbocycles. The second kappa shape index (κ2) is 7.13. The van der Waals surface area contributed by atoms with E-state index >= 15 is 0 Å². The van der Waals surface area contributed by atoms with Gasteiger partial charge < -0.3 is 14.8 Å². The van der Waals surface area contributed by atoms with Crippen molar-refractivity contribution in [3.8, 4) is 11.5 Å². The lowest BCUT2D eigenvalue weighted by molar-refractivity contribution is 0.102. The molecular weight excluding hydrogens is 449 g/mol. The van der Waals surface area contributed by atoms with Gasteiger partial charge in [-0.05, 0) is 52.9 Å². The fourth-order valence-corrected chi connectivity index (χ4v) is 3.04. The van der Waals surface area contributed by atoms with Gasteiger partial charge in [-0.15, -0.1) is 0 Å². The van der Waals surface area contributed by atoms with Gasteiger partial charge in [-0.1, -0.05) is 22.0 Å². The summed E-state index contributed by atoms with van der Waals surface area (Å²) in [4.78, 5) is 12.3. The van der Waals surface area contributed by atoms with Gasteiger partial charge in [-0.3, -0.25) is 4.79 Å². The van der Waals surface area contributed by atoms with E-state index in [0.717, 1.165) is 13.7 Å². The summed E-state index contributed by atoms with van der Waals surface area (Å²) in [6.07, 6.45) is 0. The van der Waals surface area contributed by atoms with Crippen molar-refractivity contribution in [2.75, 3.05) is 19.5 Å². The second-order valence-corrected chi connectivity index (χ2v) is 6.24. The van der Waals surface area contributed by atoms with Crippen molar-refractivity contribution in [3.05, 3.63) is 50.0 Å². The SMILES string of the molecule is COc1cc(C(=O)Nc2cccc(Br)c2)cc(I)c1OC. The Morgan fingerprint density at radius 3 is 2.57 bits per heavy atom. The van der Waals surface area contributed by atoms with E-state index in [4.69, 9.17) is 9.47 Å². The Morgan fingerprint density at radius 1 is 1.19 bits per heavy atom. The summed E-state index contributed by atoms with van der Waals surface area (Å²) >= 11 is 5.48. The highest BCUT2D eigenvalue weighted by molar-refractivity contribution is 14.1. The number of nitrogens with one attached hydrogen (secondary N) is 1. The molecule has 2 aromatic rings. The molecule has 0 spiro atoms. The van der Waals surface area contributed by atoms with Crippen molar-refractivity contribution in [2.45, 2.75) is 0 Å². The van der Waals surface area contributed by atoms with Crippen LogP contribution in [0.2, 0.25) is 0 Å². The minimum Gasteiger partial charge on any atom is -0.493 e. The molecule has 0 heterocycles. The summed E-state index contributed by atoms with van der Waals surface area (Å²) in [7, 11) is 3.12. The molecule has 21 heavy (non-hydrogen) atoms. The summed E-state index contributed by atoms with van der Waals surface area (Å²) in [5.74, 6) is 0.952. The highest BCUT2D eigenvalue weighted by Crippen LogP contribution is 2.33. The lowest BCUT2D eigenvalue weighted by Gasteiger charge is -2.12. The number of ether oxygens (including phenoxy) is 2. The molecule has 0 unspecified atom stereocenters. The van der Waals surface area contributed by atoms with Crippen molar-refractivity contribution < 1.29 is 14.3 Å². The lowest BCUT2D eigenvalue weighted by Crippen LogP contribution is -2.12. The number of hydrogen-bond acceptors (Lipinski definition) is 3. The van der Waals surface area contributed by atoms with E-state index < -0.39 is 0 Å². The molecule has 0 saturated carbocycles. The van der Waals surface area contributed by atoms with E-state index in [0.29, 0.717) is 17.1 Å². The highest BCUT2D eigenvalue weighted by atomic mass is 127. The zero-order chi connectivity index (χ0) is 15.4. The number of methoxy groups -OCH3 is 2. The van der Waals surface area contributed by atoms with E-state index in [1.807, 2.05) is 24.3 Å². The van der Waals surface area contributed by atoms with Gasteiger partial charge in [0, 0.05) is 15.7 Å². The third-order valence-corrected chi connectivity index (χ3v) is 4.07. The van der Waals surface area contributed by atoms with Crippen LogP contribution in [0.1, 0.15) is 10.4 Å². The predicted molar refractivity (Wildman–Crippen MR) is 94.4 cm³/mol. The van der Waals surface area contributed by atoms with Crippen molar-refractivity contribution in [3.63, 3.8) is 0 Å². The molecular formula is C15H13BrINO3. The predicted octanol–water partition coefficient (Wildman–Crippen LogP) is 4.32. The first-order chi connectivity index (χ1) is 10.0. The van der Waals surface area contributed by atoms with Crippen molar-refractivity contribution >= 4 is 50.1 Å². The van der Waals surface area contributed by atoms with Gasteiger partial charge >= 0.3 is 0 Å². The zero-order valence-corrected chi connectivity index (χ0v) is 15.2. The summed E-state index contributed by atoms with van der Waals surface area (Å²) in [5.41, 5.74) is 1.23. The lowest BCUT2D eigenvalue weighted by atomic mass is 10.2. The number of carbonyl (C=O) groups excluding carboxylic acids is 1.